The molecule has 102 valence electrons. The van der Waals surface area contributed by atoms with E-state index in [2.05, 4.69) is 27.3 Å². The molecule has 19 heavy (non-hydrogen) atoms. The minimum absolute atomic E-state index is 0.583. The molecular weight excluding hydrogens is 326 g/mol. The standard InChI is InChI=1S/C14H16BrNO2S/c1-16-8-10-7-11(17-2)3-5-13(10)18-9-12-4-6-14(15)19-12/h3-7,16H,8-9H2,1-2H3. The lowest BCUT2D eigenvalue weighted by atomic mass is 10.2. The predicted molar refractivity (Wildman–Crippen MR) is 82.1 cm³/mol. The number of hydrogen-bond acceptors (Lipinski definition) is 4. The highest BCUT2D eigenvalue weighted by atomic mass is 79.9. The molecule has 0 saturated carbocycles. The van der Waals surface area contributed by atoms with Crippen molar-refractivity contribution in [2.75, 3.05) is 14.2 Å². The van der Waals surface area contributed by atoms with Crippen molar-refractivity contribution < 1.29 is 9.47 Å². The lowest BCUT2D eigenvalue weighted by Gasteiger charge is -2.12. The summed E-state index contributed by atoms with van der Waals surface area (Å²) in [5, 5.41) is 3.14. The van der Waals surface area contributed by atoms with Crippen LogP contribution in [0.2, 0.25) is 0 Å². The monoisotopic (exact) mass is 341 g/mol. The van der Waals surface area contributed by atoms with Crippen molar-refractivity contribution in [3.8, 4) is 11.5 Å². The molecule has 1 N–H and O–H groups in total. The molecule has 0 unspecified atom stereocenters. The van der Waals surface area contributed by atoms with Gasteiger partial charge in [0.2, 0.25) is 0 Å². The molecule has 2 rings (SSSR count). The van der Waals surface area contributed by atoms with Gasteiger partial charge in [0.25, 0.3) is 0 Å². The second kappa shape index (κ2) is 6.93. The van der Waals surface area contributed by atoms with Crippen LogP contribution in [0.5, 0.6) is 11.5 Å². The summed E-state index contributed by atoms with van der Waals surface area (Å²) in [6.07, 6.45) is 0. The Kier molecular flexibility index (Phi) is 5.24. The van der Waals surface area contributed by atoms with Gasteiger partial charge in [-0.3, -0.25) is 0 Å². The zero-order chi connectivity index (χ0) is 13.7. The highest BCUT2D eigenvalue weighted by Crippen LogP contribution is 2.27. The maximum absolute atomic E-state index is 5.88. The Morgan fingerprint density at radius 3 is 2.74 bits per heavy atom. The van der Waals surface area contributed by atoms with Crippen molar-refractivity contribution in [3.05, 3.63) is 44.6 Å². The topological polar surface area (TPSA) is 30.5 Å². The molecule has 0 bridgehead atoms. The third-order valence-corrected chi connectivity index (χ3v) is 4.23. The van der Waals surface area contributed by atoms with Crippen LogP contribution in [-0.4, -0.2) is 14.2 Å². The normalized spacial score (nSPS) is 10.5. The van der Waals surface area contributed by atoms with Gasteiger partial charge in [0.15, 0.2) is 0 Å². The summed E-state index contributed by atoms with van der Waals surface area (Å²) in [5.74, 6) is 1.73. The van der Waals surface area contributed by atoms with E-state index < -0.39 is 0 Å². The Morgan fingerprint density at radius 2 is 2.11 bits per heavy atom. The zero-order valence-corrected chi connectivity index (χ0v) is 13.3. The van der Waals surface area contributed by atoms with Gasteiger partial charge in [-0.1, -0.05) is 0 Å². The number of nitrogens with one attached hydrogen (secondary N) is 1. The van der Waals surface area contributed by atoms with Gasteiger partial charge in [-0.05, 0) is 53.3 Å². The molecule has 0 amide bonds. The molecule has 0 aliphatic rings. The first kappa shape index (κ1) is 14.4. The number of halogens is 1. The fraction of sp³-hybridized carbons (Fsp3) is 0.286. The smallest absolute Gasteiger partial charge is 0.124 e. The van der Waals surface area contributed by atoms with Crippen LogP contribution in [0.25, 0.3) is 0 Å². The second-order valence-electron chi connectivity index (χ2n) is 4.00. The molecule has 0 aliphatic carbocycles. The first-order chi connectivity index (χ1) is 9.22. The molecule has 1 heterocycles. The van der Waals surface area contributed by atoms with Gasteiger partial charge >= 0.3 is 0 Å². The van der Waals surface area contributed by atoms with E-state index in [0.717, 1.165) is 27.4 Å². The molecule has 0 saturated heterocycles. The van der Waals surface area contributed by atoms with Crippen LogP contribution in [0.4, 0.5) is 0 Å². The molecule has 1 aromatic carbocycles. The zero-order valence-electron chi connectivity index (χ0n) is 10.9. The SMILES string of the molecule is CNCc1cc(OC)ccc1OCc1ccc(Br)s1. The van der Waals surface area contributed by atoms with E-state index in [9.17, 15) is 0 Å². The van der Waals surface area contributed by atoms with Crippen LogP contribution in [0.15, 0.2) is 34.1 Å². The van der Waals surface area contributed by atoms with Gasteiger partial charge in [-0.2, -0.15) is 0 Å². The van der Waals surface area contributed by atoms with E-state index >= 15 is 0 Å². The van der Waals surface area contributed by atoms with Crippen LogP contribution in [0, 0.1) is 0 Å². The number of rotatable bonds is 6. The molecule has 5 heteroatoms. The van der Waals surface area contributed by atoms with Crippen LogP contribution in [0.1, 0.15) is 10.4 Å². The third-order valence-electron chi connectivity index (χ3n) is 2.63. The van der Waals surface area contributed by atoms with E-state index in [4.69, 9.17) is 9.47 Å². The predicted octanol–water partition coefficient (Wildman–Crippen LogP) is 3.82. The van der Waals surface area contributed by atoms with E-state index in [1.165, 1.54) is 4.88 Å². The van der Waals surface area contributed by atoms with Gasteiger partial charge in [-0.15, -0.1) is 11.3 Å². The average Bonchev–Trinajstić information content (AvgIpc) is 2.83. The Morgan fingerprint density at radius 1 is 1.26 bits per heavy atom. The van der Waals surface area contributed by atoms with Gasteiger partial charge in [0, 0.05) is 17.0 Å². The van der Waals surface area contributed by atoms with Crippen LogP contribution in [-0.2, 0) is 13.2 Å². The Bertz CT molecular complexity index is 542. The Hall–Kier alpha value is -1.04. The summed E-state index contributed by atoms with van der Waals surface area (Å²) in [4.78, 5) is 1.19. The molecule has 0 aliphatic heterocycles. The van der Waals surface area contributed by atoms with E-state index in [-0.39, 0.29) is 0 Å². The molecule has 0 spiro atoms. The summed E-state index contributed by atoms with van der Waals surface area (Å²) < 4.78 is 12.2. The van der Waals surface area contributed by atoms with Crippen molar-refractivity contribution in [3.63, 3.8) is 0 Å². The average molecular weight is 342 g/mol. The Labute approximate surface area is 125 Å². The van der Waals surface area contributed by atoms with E-state index in [0.29, 0.717) is 6.61 Å². The molecule has 0 atom stereocenters. The summed E-state index contributed by atoms with van der Waals surface area (Å²) in [5.41, 5.74) is 1.09. The highest BCUT2D eigenvalue weighted by molar-refractivity contribution is 9.11. The van der Waals surface area contributed by atoms with Crippen LogP contribution < -0.4 is 14.8 Å². The van der Waals surface area contributed by atoms with Crippen molar-refractivity contribution in [2.45, 2.75) is 13.2 Å². The quantitative estimate of drug-likeness (QED) is 0.866. The second-order valence-corrected chi connectivity index (χ2v) is 6.55. The van der Waals surface area contributed by atoms with Crippen molar-refractivity contribution >= 4 is 27.3 Å². The molecule has 1 aromatic heterocycles. The van der Waals surface area contributed by atoms with Crippen molar-refractivity contribution in [1.82, 2.24) is 5.32 Å². The van der Waals surface area contributed by atoms with Crippen molar-refractivity contribution in [1.29, 1.82) is 0 Å². The van der Waals surface area contributed by atoms with Gasteiger partial charge in [0.1, 0.15) is 18.1 Å². The van der Waals surface area contributed by atoms with Crippen LogP contribution in [0.3, 0.4) is 0 Å². The fourth-order valence-electron chi connectivity index (χ4n) is 1.73. The lowest BCUT2D eigenvalue weighted by Crippen LogP contribution is -2.07. The first-order valence-electron chi connectivity index (χ1n) is 5.91. The molecular formula is C14H16BrNO2S. The Balaban J connectivity index is 2.10. The minimum atomic E-state index is 0.583. The number of thiophene rings is 1. The largest absolute Gasteiger partial charge is 0.497 e. The number of ether oxygens (including phenoxy) is 2. The third kappa shape index (κ3) is 3.96. The van der Waals surface area contributed by atoms with E-state index in [1.54, 1.807) is 18.4 Å². The minimum Gasteiger partial charge on any atom is -0.497 e. The van der Waals surface area contributed by atoms with Gasteiger partial charge < -0.3 is 14.8 Å². The maximum atomic E-state index is 5.88. The number of benzene rings is 1. The summed E-state index contributed by atoms with van der Waals surface area (Å²) in [6.45, 7) is 1.33. The molecule has 0 fully saturated rings. The van der Waals surface area contributed by atoms with Gasteiger partial charge in [-0.25, -0.2) is 0 Å². The summed E-state index contributed by atoms with van der Waals surface area (Å²) in [7, 11) is 3.59. The number of hydrogen-bond donors (Lipinski definition) is 1. The molecule has 0 radical (unpaired) electrons. The lowest BCUT2D eigenvalue weighted by molar-refractivity contribution is 0.305. The first-order valence-corrected chi connectivity index (χ1v) is 7.52. The highest BCUT2D eigenvalue weighted by Gasteiger charge is 2.06. The molecule has 3 nitrogen and oxygen atoms in total. The fourth-order valence-corrected chi connectivity index (χ4v) is 3.13. The van der Waals surface area contributed by atoms with E-state index in [1.807, 2.05) is 31.3 Å². The summed E-state index contributed by atoms with van der Waals surface area (Å²) in [6, 6.07) is 9.96. The molecule has 2 aromatic rings. The van der Waals surface area contributed by atoms with Crippen LogP contribution >= 0.6 is 27.3 Å². The number of methoxy groups -OCH3 is 1. The van der Waals surface area contributed by atoms with Crippen molar-refractivity contribution in [2.24, 2.45) is 0 Å². The summed E-state index contributed by atoms with van der Waals surface area (Å²) >= 11 is 5.14. The van der Waals surface area contributed by atoms with Gasteiger partial charge in [0.05, 0.1) is 10.9 Å². The maximum Gasteiger partial charge on any atom is 0.124 e.